The van der Waals surface area contributed by atoms with Crippen LogP contribution in [-0.2, 0) is 4.79 Å². The summed E-state index contributed by atoms with van der Waals surface area (Å²) in [5.74, 6) is -0.408. The van der Waals surface area contributed by atoms with E-state index in [1.807, 2.05) is 37.3 Å². The molecule has 7 heteroatoms. The molecule has 30 heavy (non-hydrogen) atoms. The van der Waals surface area contributed by atoms with Crippen LogP contribution in [-0.4, -0.2) is 24.9 Å². The van der Waals surface area contributed by atoms with Gasteiger partial charge in [-0.15, -0.1) is 0 Å². The van der Waals surface area contributed by atoms with E-state index in [0.29, 0.717) is 33.5 Å². The van der Waals surface area contributed by atoms with Crippen molar-refractivity contribution in [1.82, 2.24) is 0 Å². The van der Waals surface area contributed by atoms with Gasteiger partial charge in [-0.1, -0.05) is 53.5 Å². The zero-order chi connectivity index (χ0) is 21.5. The van der Waals surface area contributed by atoms with Crippen LogP contribution in [0.3, 0.4) is 0 Å². The minimum atomic E-state index is -0.272. The minimum absolute atomic E-state index is 0.00331. The van der Waals surface area contributed by atoms with Crippen LogP contribution in [0.5, 0.6) is 0 Å². The van der Waals surface area contributed by atoms with E-state index in [4.69, 9.17) is 23.2 Å². The summed E-state index contributed by atoms with van der Waals surface area (Å²) in [6, 6.07) is 21.5. The molecule has 0 spiro atoms. The lowest BCUT2D eigenvalue weighted by atomic mass is 10.1. The minimum Gasteiger partial charge on any atom is -0.375 e. The lowest BCUT2D eigenvalue weighted by molar-refractivity contribution is -0.114. The maximum atomic E-state index is 13.0. The monoisotopic (exact) mass is 441 g/mol. The Morgan fingerprint density at radius 2 is 1.67 bits per heavy atom. The van der Waals surface area contributed by atoms with Crippen LogP contribution in [0.4, 0.5) is 17.1 Å². The van der Waals surface area contributed by atoms with E-state index < -0.39 is 0 Å². The first kappa shape index (κ1) is 21.7. The van der Waals surface area contributed by atoms with E-state index in [2.05, 4.69) is 10.6 Å². The molecule has 0 aliphatic heterocycles. The maximum Gasteiger partial charge on any atom is 0.258 e. The predicted molar refractivity (Wildman–Crippen MR) is 124 cm³/mol. The van der Waals surface area contributed by atoms with Crippen molar-refractivity contribution in [2.24, 2.45) is 0 Å². The van der Waals surface area contributed by atoms with Gasteiger partial charge in [-0.3, -0.25) is 9.59 Å². The standard InChI is InChI=1S/C23H21Cl2N3O2/c1-2-28(18-10-4-3-5-11-18)23(30)16-8-6-9-17(14-16)27-21(29)15-26-20-13-7-12-19(24)22(20)25/h3-14,26H,2,15H2,1H3,(H,27,29). The number of amides is 2. The van der Waals surface area contributed by atoms with Crippen molar-refractivity contribution in [1.29, 1.82) is 0 Å². The quantitative estimate of drug-likeness (QED) is 0.493. The summed E-state index contributed by atoms with van der Waals surface area (Å²) in [4.78, 5) is 27.0. The number of anilines is 3. The number of rotatable bonds is 7. The third-order valence-corrected chi connectivity index (χ3v) is 5.23. The Morgan fingerprint density at radius 3 is 2.40 bits per heavy atom. The van der Waals surface area contributed by atoms with Gasteiger partial charge >= 0.3 is 0 Å². The number of carbonyl (C=O) groups excluding carboxylic acids is 2. The summed E-state index contributed by atoms with van der Waals surface area (Å²) >= 11 is 12.1. The van der Waals surface area contributed by atoms with E-state index in [9.17, 15) is 9.59 Å². The first-order valence-electron chi connectivity index (χ1n) is 9.44. The Bertz CT molecular complexity index is 1040. The Hall–Kier alpha value is -3.02. The van der Waals surface area contributed by atoms with Gasteiger partial charge in [0.1, 0.15) is 0 Å². The van der Waals surface area contributed by atoms with Crippen molar-refractivity contribution in [3.63, 3.8) is 0 Å². The second kappa shape index (κ2) is 10.1. The fourth-order valence-corrected chi connectivity index (χ4v) is 3.33. The second-order valence-corrected chi connectivity index (χ2v) is 7.25. The molecule has 0 aliphatic rings. The summed E-state index contributed by atoms with van der Waals surface area (Å²) in [6.07, 6.45) is 0. The number of hydrogen-bond acceptors (Lipinski definition) is 3. The molecular weight excluding hydrogens is 421 g/mol. The van der Waals surface area contributed by atoms with Gasteiger partial charge in [0, 0.05) is 23.5 Å². The number of para-hydroxylation sites is 1. The molecule has 0 aliphatic carbocycles. The Kier molecular flexibility index (Phi) is 7.33. The fourth-order valence-electron chi connectivity index (χ4n) is 2.96. The first-order chi connectivity index (χ1) is 14.5. The number of nitrogens with one attached hydrogen (secondary N) is 2. The molecule has 0 atom stereocenters. The lowest BCUT2D eigenvalue weighted by Crippen LogP contribution is -2.30. The zero-order valence-electron chi connectivity index (χ0n) is 16.4. The highest BCUT2D eigenvalue weighted by atomic mass is 35.5. The lowest BCUT2D eigenvalue weighted by Gasteiger charge is -2.21. The molecule has 0 heterocycles. The number of halogens is 2. The largest absolute Gasteiger partial charge is 0.375 e. The second-order valence-electron chi connectivity index (χ2n) is 6.47. The van der Waals surface area contributed by atoms with Gasteiger partial charge in [-0.25, -0.2) is 0 Å². The number of nitrogens with zero attached hydrogens (tertiary/aromatic N) is 1. The van der Waals surface area contributed by atoms with Gasteiger partial charge in [-0.05, 0) is 49.4 Å². The Balaban J connectivity index is 1.67. The van der Waals surface area contributed by atoms with E-state index in [-0.39, 0.29) is 18.4 Å². The van der Waals surface area contributed by atoms with Crippen LogP contribution in [0.25, 0.3) is 0 Å². The molecule has 2 N–H and O–H groups in total. The van der Waals surface area contributed by atoms with Crippen LogP contribution >= 0.6 is 23.2 Å². The van der Waals surface area contributed by atoms with Crippen molar-refractivity contribution >= 4 is 52.1 Å². The molecule has 3 aromatic carbocycles. The van der Waals surface area contributed by atoms with Gasteiger partial charge in [0.05, 0.1) is 22.3 Å². The average Bonchev–Trinajstić information content (AvgIpc) is 2.76. The number of benzene rings is 3. The summed E-state index contributed by atoms with van der Waals surface area (Å²) in [6.45, 7) is 2.45. The smallest absolute Gasteiger partial charge is 0.258 e. The molecule has 0 fully saturated rings. The zero-order valence-corrected chi connectivity index (χ0v) is 17.9. The number of carbonyl (C=O) groups is 2. The van der Waals surface area contributed by atoms with Gasteiger partial charge in [0.2, 0.25) is 5.91 Å². The predicted octanol–water partition coefficient (Wildman–Crippen LogP) is 5.71. The highest BCUT2D eigenvalue weighted by Crippen LogP contribution is 2.29. The number of hydrogen-bond donors (Lipinski definition) is 2. The molecule has 0 saturated heterocycles. The van der Waals surface area contributed by atoms with Crippen molar-refractivity contribution in [2.45, 2.75) is 6.92 Å². The molecule has 0 saturated carbocycles. The highest BCUT2D eigenvalue weighted by Gasteiger charge is 2.16. The van der Waals surface area contributed by atoms with Crippen LogP contribution in [0, 0.1) is 0 Å². The Morgan fingerprint density at radius 1 is 0.933 bits per heavy atom. The SMILES string of the molecule is CCN(C(=O)c1cccc(NC(=O)CNc2cccc(Cl)c2Cl)c1)c1ccccc1. The highest BCUT2D eigenvalue weighted by molar-refractivity contribution is 6.43. The van der Waals surface area contributed by atoms with Crippen molar-refractivity contribution in [3.8, 4) is 0 Å². The van der Waals surface area contributed by atoms with Crippen LogP contribution in [0.2, 0.25) is 10.0 Å². The third-order valence-electron chi connectivity index (χ3n) is 4.41. The summed E-state index contributed by atoms with van der Waals surface area (Å²) in [5.41, 5.74) is 2.42. The topological polar surface area (TPSA) is 61.4 Å². The van der Waals surface area contributed by atoms with E-state index >= 15 is 0 Å². The molecule has 0 unspecified atom stereocenters. The fraction of sp³-hybridized carbons (Fsp3) is 0.130. The first-order valence-corrected chi connectivity index (χ1v) is 10.2. The van der Waals surface area contributed by atoms with E-state index in [1.54, 1.807) is 47.4 Å². The average molecular weight is 442 g/mol. The van der Waals surface area contributed by atoms with Crippen LogP contribution in [0.1, 0.15) is 17.3 Å². The van der Waals surface area contributed by atoms with Crippen molar-refractivity contribution in [3.05, 3.63) is 88.4 Å². The molecule has 0 aromatic heterocycles. The molecule has 0 radical (unpaired) electrons. The summed E-state index contributed by atoms with van der Waals surface area (Å²) in [5, 5.41) is 6.52. The Labute approximate surface area is 185 Å². The summed E-state index contributed by atoms with van der Waals surface area (Å²) < 4.78 is 0. The molecule has 5 nitrogen and oxygen atoms in total. The van der Waals surface area contributed by atoms with Crippen molar-refractivity contribution in [2.75, 3.05) is 28.6 Å². The molecule has 3 rings (SSSR count). The molecule has 154 valence electrons. The normalized spacial score (nSPS) is 10.4. The van der Waals surface area contributed by atoms with Gasteiger partial charge < -0.3 is 15.5 Å². The summed E-state index contributed by atoms with van der Waals surface area (Å²) in [7, 11) is 0. The van der Waals surface area contributed by atoms with E-state index in [1.165, 1.54) is 0 Å². The molecule has 2 amide bonds. The van der Waals surface area contributed by atoms with Crippen LogP contribution in [0.15, 0.2) is 72.8 Å². The van der Waals surface area contributed by atoms with E-state index in [0.717, 1.165) is 5.69 Å². The maximum absolute atomic E-state index is 13.0. The van der Waals surface area contributed by atoms with Gasteiger partial charge in [0.25, 0.3) is 5.91 Å². The van der Waals surface area contributed by atoms with Gasteiger partial charge in [0.15, 0.2) is 0 Å². The third kappa shape index (κ3) is 5.32. The molecule has 3 aromatic rings. The molecule has 0 bridgehead atoms. The van der Waals surface area contributed by atoms with Gasteiger partial charge in [-0.2, -0.15) is 0 Å². The van der Waals surface area contributed by atoms with Crippen molar-refractivity contribution < 1.29 is 9.59 Å². The molecular formula is C23H21Cl2N3O2. The van der Waals surface area contributed by atoms with Crippen LogP contribution < -0.4 is 15.5 Å².